The van der Waals surface area contributed by atoms with Gasteiger partial charge in [-0.2, -0.15) is 5.26 Å². The lowest BCUT2D eigenvalue weighted by atomic mass is 9.93. The molecule has 0 spiro atoms. The number of carbonyl (C=O) groups is 1. The Balaban J connectivity index is 1.82. The zero-order valence-corrected chi connectivity index (χ0v) is 17.0. The molecule has 0 heterocycles. The van der Waals surface area contributed by atoms with Gasteiger partial charge in [0.2, 0.25) is 0 Å². The van der Waals surface area contributed by atoms with Crippen molar-refractivity contribution in [3.05, 3.63) is 89.5 Å². The van der Waals surface area contributed by atoms with Crippen molar-refractivity contribution in [2.75, 3.05) is 6.61 Å². The van der Waals surface area contributed by atoms with E-state index in [1.54, 1.807) is 12.1 Å². The van der Waals surface area contributed by atoms with Crippen molar-refractivity contribution < 1.29 is 9.53 Å². The maximum Gasteiger partial charge on any atom is 0.194 e. The van der Waals surface area contributed by atoms with E-state index in [2.05, 4.69) is 13.0 Å². The fourth-order valence-electron chi connectivity index (χ4n) is 3.82. The fourth-order valence-corrected chi connectivity index (χ4v) is 3.82. The highest BCUT2D eigenvalue weighted by Crippen LogP contribution is 2.32. The van der Waals surface area contributed by atoms with E-state index in [1.165, 1.54) is 0 Å². The number of fused-ring (bicyclic) bond motifs is 2. The number of ketones is 1. The minimum atomic E-state index is -0.0515. The third-order valence-corrected chi connectivity index (χ3v) is 5.39. The van der Waals surface area contributed by atoms with Crippen LogP contribution in [0.3, 0.4) is 0 Å². The van der Waals surface area contributed by atoms with Crippen LogP contribution in [0.2, 0.25) is 0 Å². The van der Waals surface area contributed by atoms with Gasteiger partial charge in [-0.05, 0) is 52.9 Å². The van der Waals surface area contributed by atoms with Gasteiger partial charge in [-0.25, -0.2) is 0 Å². The standard InChI is InChI=1S/C27H23NO2/c1-2-3-6-16-30-26-15-14-24(25-17-19(18-28)12-13-22(25)26)27(29)23-11-7-9-20-8-4-5-10-21(20)23/h4-5,7-15,17H,2-3,6,16H2,1H3. The highest BCUT2D eigenvalue weighted by molar-refractivity contribution is 6.21. The Bertz CT molecular complexity index is 1260. The summed E-state index contributed by atoms with van der Waals surface area (Å²) in [5.41, 5.74) is 1.77. The number of hydrogen-bond donors (Lipinski definition) is 0. The molecule has 4 aromatic carbocycles. The summed E-state index contributed by atoms with van der Waals surface area (Å²) in [5, 5.41) is 13.0. The van der Waals surface area contributed by atoms with E-state index in [0.717, 1.165) is 46.6 Å². The first-order chi connectivity index (χ1) is 14.7. The molecule has 0 aromatic heterocycles. The van der Waals surface area contributed by atoms with Gasteiger partial charge >= 0.3 is 0 Å². The van der Waals surface area contributed by atoms with Crippen molar-refractivity contribution in [2.45, 2.75) is 26.2 Å². The summed E-state index contributed by atoms with van der Waals surface area (Å²) in [4.78, 5) is 13.6. The molecule has 148 valence electrons. The molecule has 0 aliphatic heterocycles. The first-order valence-electron chi connectivity index (χ1n) is 10.3. The number of unbranched alkanes of at least 4 members (excludes halogenated alkanes) is 2. The Morgan fingerprint density at radius 3 is 2.50 bits per heavy atom. The van der Waals surface area contributed by atoms with Gasteiger partial charge < -0.3 is 4.74 Å². The van der Waals surface area contributed by atoms with Crippen LogP contribution < -0.4 is 4.74 Å². The molecule has 0 atom stereocenters. The van der Waals surface area contributed by atoms with Crippen LogP contribution in [0.4, 0.5) is 0 Å². The summed E-state index contributed by atoms with van der Waals surface area (Å²) in [6.45, 7) is 2.80. The van der Waals surface area contributed by atoms with Crippen molar-refractivity contribution in [1.29, 1.82) is 5.26 Å². The topological polar surface area (TPSA) is 50.1 Å². The molecule has 0 aliphatic rings. The number of hydrogen-bond acceptors (Lipinski definition) is 3. The Morgan fingerprint density at radius 1 is 0.867 bits per heavy atom. The second-order valence-electron chi connectivity index (χ2n) is 7.39. The van der Waals surface area contributed by atoms with Crippen LogP contribution in [-0.2, 0) is 0 Å². The fraction of sp³-hybridized carbons (Fsp3) is 0.185. The van der Waals surface area contributed by atoms with Crippen LogP contribution in [0.15, 0.2) is 72.8 Å². The van der Waals surface area contributed by atoms with Gasteiger partial charge in [-0.3, -0.25) is 4.79 Å². The zero-order valence-electron chi connectivity index (χ0n) is 17.0. The number of nitrogens with zero attached hydrogens (tertiary/aromatic N) is 1. The SMILES string of the molecule is CCCCCOc1ccc(C(=O)c2cccc3ccccc23)c2cc(C#N)ccc12. The molecule has 0 radical (unpaired) electrons. The molecule has 0 unspecified atom stereocenters. The van der Waals surface area contributed by atoms with E-state index in [0.29, 0.717) is 23.3 Å². The van der Waals surface area contributed by atoms with Crippen LogP contribution in [-0.4, -0.2) is 12.4 Å². The van der Waals surface area contributed by atoms with Gasteiger partial charge in [0.05, 0.1) is 18.2 Å². The molecule has 0 saturated heterocycles. The molecule has 0 amide bonds. The summed E-state index contributed by atoms with van der Waals surface area (Å²) in [6, 6.07) is 25.0. The van der Waals surface area contributed by atoms with Crippen LogP contribution in [0.5, 0.6) is 5.75 Å². The average Bonchev–Trinajstić information content (AvgIpc) is 2.80. The number of nitriles is 1. The second kappa shape index (κ2) is 8.80. The predicted octanol–water partition coefficient (Wildman–Crippen LogP) is 6.66. The van der Waals surface area contributed by atoms with Gasteiger partial charge in [-0.15, -0.1) is 0 Å². The van der Waals surface area contributed by atoms with Gasteiger partial charge in [0.1, 0.15) is 5.75 Å². The number of rotatable bonds is 7. The van der Waals surface area contributed by atoms with Crippen molar-refractivity contribution in [3.8, 4) is 11.8 Å². The summed E-state index contributed by atoms with van der Waals surface area (Å²) in [6.07, 6.45) is 3.24. The van der Waals surface area contributed by atoms with Crippen molar-refractivity contribution in [3.63, 3.8) is 0 Å². The Hall–Kier alpha value is -3.64. The zero-order chi connectivity index (χ0) is 20.9. The molecule has 3 nitrogen and oxygen atoms in total. The molecule has 30 heavy (non-hydrogen) atoms. The van der Waals surface area contributed by atoms with E-state index in [1.807, 2.05) is 60.7 Å². The summed E-state index contributed by atoms with van der Waals surface area (Å²) < 4.78 is 6.01. The number of carbonyl (C=O) groups excluding carboxylic acids is 1. The first-order valence-corrected chi connectivity index (χ1v) is 10.3. The molecule has 0 bridgehead atoms. The summed E-state index contributed by atoms with van der Waals surface area (Å²) in [5.74, 6) is 0.699. The van der Waals surface area contributed by atoms with Gasteiger partial charge in [0, 0.05) is 16.5 Å². The van der Waals surface area contributed by atoms with E-state index in [-0.39, 0.29) is 5.78 Å². The smallest absolute Gasteiger partial charge is 0.194 e. The third-order valence-electron chi connectivity index (χ3n) is 5.39. The molecule has 4 aromatic rings. The largest absolute Gasteiger partial charge is 0.493 e. The summed E-state index contributed by atoms with van der Waals surface area (Å²) >= 11 is 0. The van der Waals surface area contributed by atoms with Crippen molar-refractivity contribution >= 4 is 27.3 Å². The minimum absolute atomic E-state index is 0.0515. The maximum absolute atomic E-state index is 13.6. The Kier molecular flexibility index (Phi) is 5.77. The quantitative estimate of drug-likeness (QED) is 0.260. The van der Waals surface area contributed by atoms with Gasteiger partial charge in [-0.1, -0.05) is 62.2 Å². The average molecular weight is 393 g/mol. The van der Waals surface area contributed by atoms with E-state index in [4.69, 9.17) is 4.74 Å². The highest BCUT2D eigenvalue weighted by Gasteiger charge is 2.17. The van der Waals surface area contributed by atoms with Crippen molar-refractivity contribution in [2.24, 2.45) is 0 Å². The van der Waals surface area contributed by atoms with Gasteiger partial charge in [0.15, 0.2) is 5.78 Å². The van der Waals surface area contributed by atoms with Crippen LogP contribution in [0, 0.1) is 11.3 Å². The molecule has 0 fully saturated rings. The van der Waals surface area contributed by atoms with Crippen LogP contribution in [0.1, 0.15) is 47.7 Å². The summed E-state index contributed by atoms with van der Waals surface area (Å²) in [7, 11) is 0. The monoisotopic (exact) mass is 393 g/mol. The molecule has 4 rings (SSSR count). The van der Waals surface area contributed by atoms with Gasteiger partial charge in [0.25, 0.3) is 0 Å². The Labute approximate surface area is 176 Å². The predicted molar refractivity (Wildman–Crippen MR) is 121 cm³/mol. The first kappa shape index (κ1) is 19.7. The normalized spacial score (nSPS) is 10.8. The highest BCUT2D eigenvalue weighted by atomic mass is 16.5. The molecular weight excluding hydrogens is 370 g/mol. The molecule has 3 heteroatoms. The number of benzene rings is 4. The number of ether oxygens (including phenoxy) is 1. The lowest BCUT2D eigenvalue weighted by Crippen LogP contribution is -2.05. The molecule has 0 saturated carbocycles. The molecular formula is C27H23NO2. The molecule has 0 aliphatic carbocycles. The van der Waals surface area contributed by atoms with E-state index < -0.39 is 0 Å². The minimum Gasteiger partial charge on any atom is -0.493 e. The van der Waals surface area contributed by atoms with E-state index >= 15 is 0 Å². The second-order valence-corrected chi connectivity index (χ2v) is 7.39. The van der Waals surface area contributed by atoms with Crippen molar-refractivity contribution in [1.82, 2.24) is 0 Å². The third kappa shape index (κ3) is 3.77. The van der Waals surface area contributed by atoms with E-state index in [9.17, 15) is 10.1 Å². The Morgan fingerprint density at radius 2 is 1.67 bits per heavy atom. The van der Waals surface area contributed by atoms with Crippen LogP contribution >= 0.6 is 0 Å². The van der Waals surface area contributed by atoms with Crippen LogP contribution in [0.25, 0.3) is 21.5 Å². The lowest BCUT2D eigenvalue weighted by molar-refractivity contribution is 0.104. The maximum atomic E-state index is 13.6. The molecule has 0 N–H and O–H groups in total. The lowest BCUT2D eigenvalue weighted by Gasteiger charge is -2.13.